The van der Waals surface area contributed by atoms with Crippen LogP contribution in [0.25, 0.3) is 11.0 Å². The highest BCUT2D eigenvalue weighted by atomic mass is 19.4. The zero-order chi connectivity index (χ0) is 26.8. The van der Waals surface area contributed by atoms with Gasteiger partial charge in [-0.25, -0.2) is 9.67 Å². The number of hydrogen-bond acceptors (Lipinski definition) is 5. The van der Waals surface area contributed by atoms with E-state index in [0.717, 1.165) is 17.7 Å². The largest absolute Gasteiger partial charge is 0.416 e. The molecule has 1 fully saturated rings. The van der Waals surface area contributed by atoms with Crippen LogP contribution in [0.4, 0.5) is 13.2 Å². The van der Waals surface area contributed by atoms with Gasteiger partial charge in [-0.05, 0) is 36.1 Å². The van der Waals surface area contributed by atoms with Gasteiger partial charge in [0, 0.05) is 19.8 Å². The molecule has 0 saturated carbocycles. The lowest BCUT2D eigenvalue weighted by molar-refractivity contribution is -0.137. The summed E-state index contributed by atoms with van der Waals surface area (Å²) in [6.45, 7) is 1.52. The molecule has 0 radical (unpaired) electrons. The van der Waals surface area contributed by atoms with Gasteiger partial charge in [0.25, 0.3) is 5.56 Å². The van der Waals surface area contributed by atoms with E-state index in [1.54, 1.807) is 0 Å². The fraction of sp³-hybridized carbons (Fsp3) is 0.333. The number of nitrogens with zero attached hydrogens (tertiary/aromatic N) is 4. The van der Waals surface area contributed by atoms with Crippen molar-refractivity contribution in [2.75, 3.05) is 19.8 Å². The maximum atomic E-state index is 13.3. The van der Waals surface area contributed by atoms with E-state index in [4.69, 9.17) is 4.74 Å². The molecule has 1 N–H and O–H groups in total. The van der Waals surface area contributed by atoms with Crippen LogP contribution in [-0.4, -0.2) is 45.0 Å². The van der Waals surface area contributed by atoms with Crippen LogP contribution in [0.5, 0.6) is 0 Å². The van der Waals surface area contributed by atoms with Gasteiger partial charge >= 0.3 is 6.18 Å². The molecule has 0 atom stereocenters. The van der Waals surface area contributed by atoms with E-state index in [1.807, 2.05) is 30.3 Å². The maximum absolute atomic E-state index is 13.3. The second-order valence-corrected chi connectivity index (χ2v) is 9.30. The number of fused-ring (bicyclic) bond motifs is 1. The molecular weight excluding hydrogens is 499 g/mol. The van der Waals surface area contributed by atoms with Gasteiger partial charge in [-0.2, -0.15) is 18.3 Å². The van der Waals surface area contributed by atoms with E-state index in [9.17, 15) is 22.8 Å². The van der Waals surface area contributed by atoms with Gasteiger partial charge in [-0.3, -0.25) is 14.2 Å². The number of rotatable bonds is 7. The van der Waals surface area contributed by atoms with Crippen molar-refractivity contribution in [1.82, 2.24) is 24.6 Å². The topological polar surface area (TPSA) is 91.0 Å². The average molecular weight is 526 g/mol. The molecule has 1 aliphatic heterocycles. The average Bonchev–Trinajstić information content (AvgIpc) is 3.34. The number of benzene rings is 2. The highest BCUT2D eigenvalue weighted by Gasteiger charge is 2.41. The third-order valence-corrected chi connectivity index (χ3v) is 6.95. The van der Waals surface area contributed by atoms with Gasteiger partial charge in [-0.1, -0.05) is 42.5 Å². The third kappa shape index (κ3) is 5.06. The highest BCUT2D eigenvalue weighted by molar-refractivity contribution is 5.88. The Labute approximate surface area is 216 Å². The lowest BCUT2D eigenvalue weighted by Gasteiger charge is -2.36. The normalized spacial score (nSPS) is 15.4. The molecule has 4 aromatic rings. The highest BCUT2D eigenvalue weighted by Crippen LogP contribution is 2.35. The van der Waals surface area contributed by atoms with Gasteiger partial charge in [0.1, 0.15) is 11.7 Å². The minimum atomic E-state index is -4.47. The number of nitrogens with one attached hydrogen (secondary N) is 1. The number of carbonyl (C=O) groups is 1. The first-order chi connectivity index (χ1) is 18.3. The van der Waals surface area contributed by atoms with Crippen molar-refractivity contribution >= 4 is 16.9 Å². The molecule has 1 saturated heterocycles. The zero-order valence-electron chi connectivity index (χ0n) is 20.4. The molecular formula is C27H26F3N5O3. The predicted molar refractivity (Wildman–Crippen MR) is 134 cm³/mol. The second-order valence-electron chi connectivity index (χ2n) is 9.30. The van der Waals surface area contributed by atoms with Crippen LogP contribution < -0.4 is 10.9 Å². The molecule has 2 aromatic heterocycles. The Balaban J connectivity index is 1.29. The summed E-state index contributed by atoms with van der Waals surface area (Å²) < 4.78 is 47.4. The summed E-state index contributed by atoms with van der Waals surface area (Å²) >= 11 is 0. The Bertz CT molecular complexity index is 1490. The smallest absolute Gasteiger partial charge is 0.381 e. The molecule has 2 aromatic carbocycles. The molecule has 1 aliphatic rings. The van der Waals surface area contributed by atoms with Crippen LogP contribution in [-0.2, 0) is 34.2 Å². The number of carbonyl (C=O) groups excluding carboxylic acids is 1. The summed E-state index contributed by atoms with van der Waals surface area (Å²) in [5.74, 6) is -0.0835. The van der Waals surface area contributed by atoms with Crippen LogP contribution >= 0.6 is 0 Å². The minimum absolute atomic E-state index is 0.0573. The van der Waals surface area contributed by atoms with Crippen LogP contribution in [0.3, 0.4) is 0 Å². The van der Waals surface area contributed by atoms with Crippen molar-refractivity contribution in [3.8, 4) is 0 Å². The molecule has 0 bridgehead atoms. The monoisotopic (exact) mass is 525 g/mol. The number of aromatic nitrogens is 4. The second kappa shape index (κ2) is 10.4. The van der Waals surface area contributed by atoms with Crippen molar-refractivity contribution in [2.24, 2.45) is 0 Å². The first kappa shape index (κ1) is 25.7. The number of ether oxygens (including phenoxy) is 1. The van der Waals surface area contributed by atoms with Crippen molar-refractivity contribution in [2.45, 2.75) is 37.5 Å². The Morgan fingerprint density at radius 2 is 1.84 bits per heavy atom. The summed E-state index contributed by atoms with van der Waals surface area (Å²) in [4.78, 5) is 30.6. The minimum Gasteiger partial charge on any atom is -0.381 e. The molecule has 3 heterocycles. The molecule has 198 valence electrons. The first-order valence-corrected chi connectivity index (χ1v) is 12.3. The zero-order valence-corrected chi connectivity index (χ0v) is 20.4. The van der Waals surface area contributed by atoms with Crippen LogP contribution in [0.15, 0.2) is 71.9 Å². The predicted octanol–water partition coefficient (Wildman–Crippen LogP) is 3.52. The lowest BCUT2D eigenvalue weighted by atomic mass is 9.73. The Morgan fingerprint density at radius 3 is 2.58 bits per heavy atom. The summed E-state index contributed by atoms with van der Waals surface area (Å²) in [5.41, 5.74) is -0.226. The van der Waals surface area contributed by atoms with Crippen molar-refractivity contribution < 1.29 is 22.7 Å². The Morgan fingerprint density at radius 1 is 1.08 bits per heavy atom. The number of amides is 1. The van der Waals surface area contributed by atoms with E-state index in [2.05, 4.69) is 15.4 Å². The van der Waals surface area contributed by atoms with Crippen molar-refractivity contribution in [3.63, 3.8) is 0 Å². The molecule has 38 heavy (non-hydrogen) atoms. The fourth-order valence-electron chi connectivity index (χ4n) is 4.88. The fourth-order valence-corrected chi connectivity index (χ4v) is 4.88. The van der Waals surface area contributed by atoms with Gasteiger partial charge in [0.15, 0.2) is 5.65 Å². The van der Waals surface area contributed by atoms with Crippen molar-refractivity contribution in [3.05, 3.63) is 94.2 Å². The first-order valence-electron chi connectivity index (χ1n) is 12.3. The quantitative estimate of drug-likeness (QED) is 0.399. The third-order valence-electron chi connectivity index (χ3n) is 6.95. The number of halogens is 3. The van der Waals surface area contributed by atoms with Gasteiger partial charge in [0.2, 0.25) is 5.91 Å². The molecule has 0 aliphatic carbocycles. The van der Waals surface area contributed by atoms with Crippen LogP contribution in [0.2, 0.25) is 0 Å². The van der Waals surface area contributed by atoms with Crippen molar-refractivity contribution in [1.29, 1.82) is 0 Å². The van der Waals surface area contributed by atoms with Gasteiger partial charge in [-0.15, -0.1) is 0 Å². The molecule has 5 rings (SSSR count). The number of alkyl halides is 3. The molecule has 11 heteroatoms. The van der Waals surface area contributed by atoms with Crippen LogP contribution in [0.1, 0.15) is 29.5 Å². The SMILES string of the molecule is O=C(NCCn1ncc2c(=O)n(Cc3cccc(C(F)(F)F)c3)cnc21)C1(c2ccccc2)CCOCC1. The van der Waals surface area contributed by atoms with Gasteiger partial charge in [0.05, 0.1) is 30.3 Å². The molecule has 0 unspecified atom stereocenters. The van der Waals surface area contributed by atoms with E-state index < -0.39 is 22.7 Å². The standard InChI is InChI=1S/C27H26F3N5O3/c28-27(29,30)21-8-4-5-19(15-21)17-34-18-32-23-22(24(34)36)16-33-35(23)12-11-31-25(37)26(9-13-38-14-10-26)20-6-2-1-3-7-20/h1-8,15-16,18H,9-14,17H2,(H,31,37). The van der Waals surface area contributed by atoms with Gasteiger partial charge < -0.3 is 10.1 Å². The molecule has 0 spiro atoms. The summed E-state index contributed by atoms with van der Waals surface area (Å²) in [5, 5.41) is 7.52. The summed E-state index contributed by atoms with van der Waals surface area (Å²) in [7, 11) is 0. The van der Waals surface area contributed by atoms with E-state index in [-0.39, 0.29) is 24.4 Å². The number of hydrogen-bond donors (Lipinski definition) is 1. The maximum Gasteiger partial charge on any atom is 0.416 e. The Kier molecular flexibility index (Phi) is 7.02. The molecule has 8 nitrogen and oxygen atoms in total. The van der Waals surface area contributed by atoms with Crippen LogP contribution in [0, 0.1) is 0 Å². The summed E-state index contributed by atoms with van der Waals surface area (Å²) in [6.07, 6.45) is -0.612. The van der Waals surface area contributed by atoms with E-state index >= 15 is 0 Å². The summed E-state index contributed by atoms with van der Waals surface area (Å²) in [6, 6.07) is 14.5. The van der Waals surface area contributed by atoms with E-state index in [1.165, 1.54) is 33.9 Å². The van der Waals surface area contributed by atoms with E-state index in [0.29, 0.717) is 43.8 Å². The Hall–Kier alpha value is -3.99. The molecule has 1 amide bonds. The lowest BCUT2D eigenvalue weighted by Crippen LogP contribution is -2.48.